The summed E-state index contributed by atoms with van der Waals surface area (Å²) in [5.41, 5.74) is 2.44. The van der Waals surface area contributed by atoms with Gasteiger partial charge in [-0.05, 0) is 56.3 Å². The van der Waals surface area contributed by atoms with Crippen LogP contribution in [0.1, 0.15) is 18.1 Å². The summed E-state index contributed by atoms with van der Waals surface area (Å²) in [6, 6.07) is 10.4. The minimum absolute atomic E-state index is 0.00273. The van der Waals surface area contributed by atoms with Gasteiger partial charge in [0.15, 0.2) is 0 Å². The number of anilines is 2. The standard InChI is InChI=1S/C17H20F2N2/c1-4-21(14-7-5-6-12(2)8-14)17-15(18)9-13(11-20-3)10-16(17)19/h5-10,20H,4,11H2,1-3H3. The lowest BCUT2D eigenvalue weighted by atomic mass is 10.1. The van der Waals surface area contributed by atoms with E-state index < -0.39 is 11.6 Å². The van der Waals surface area contributed by atoms with Gasteiger partial charge in [0.1, 0.15) is 17.3 Å². The number of hydrogen-bond acceptors (Lipinski definition) is 2. The average molecular weight is 290 g/mol. The summed E-state index contributed by atoms with van der Waals surface area (Å²) in [5, 5.41) is 2.89. The Balaban J connectivity index is 2.47. The highest BCUT2D eigenvalue weighted by Gasteiger charge is 2.18. The lowest BCUT2D eigenvalue weighted by Crippen LogP contribution is -2.19. The minimum atomic E-state index is -0.538. The molecule has 2 nitrogen and oxygen atoms in total. The highest BCUT2D eigenvalue weighted by molar-refractivity contribution is 5.65. The molecule has 0 heterocycles. The molecule has 0 bridgehead atoms. The van der Waals surface area contributed by atoms with E-state index in [1.165, 1.54) is 12.1 Å². The zero-order valence-electron chi connectivity index (χ0n) is 12.6. The molecule has 0 aliphatic carbocycles. The molecule has 0 fully saturated rings. The predicted molar refractivity (Wildman–Crippen MR) is 83.0 cm³/mol. The quantitative estimate of drug-likeness (QED) is 0.890. The van der Waals surface area contributed by atoms with Crippen molar-refractivity contribution >= 4 is 11.4 Å². The van der Waals surface area contributed by atoms with Gasteiger partial charge in [-0.1, -0.05) is 12.1 Å². The number of aryl methyl sites for hydroxylation is 1. The molecular formula is C17H20F2N2. The largest absolute Gasteiger partial charge is 0.337 e. The second-order valence-electron chi connectivity index (χ2n) is 5.02. The first kappa shape index (κ1) is 15.4. The maximum absolute atomic E-state index is 14.3. The van der Waals surface area contributed by atoms with Crippen molar-refractivity contribution in [1.82, 2.24) is 5.32 Å². The molecule has 0 radical (unpaired) electrons. The van der Waals surface area contributed by atoms with Crippen molar-refractivity contribution in [2.24, 2.45) is 0 Å². The second kappa shape index (κ2) is 6.68. The Morgan fingerprint density at radius 2 is 1.76 bits per heavy atom. The molecule has 0 amide bonds. The molecule has 0 saturated carbocycles. The van der Waals surface area contributed by atoms with Gasteiger partial charge in [0.25, 0.3) is 0 Å². The van der Waals surface area contributed by atoms with E-state index in [1.807, 2.05) is 38.1 Å². The topological polar surface area (TPSA) is 15.3 Å². The molecular weight excluding hydrogens is 270 g/mol. The molecule has 2 aromatic carbocycles. The van der Waals surface area contributed by atoms with Gasteiger partial charge in [-0.2, -0.15) is 0 Å². The molecule has 4 heteroatoms. The molecule has 0 aliphatic rings. The van der Waals surface area contributed by atoms with Crippen LogP contribution in [0.5, 0.6) is 0 Å². The predicted octanol–water partition coefficient (Wildman–Crippen LogP) is 4.15. The van der Waals surface area contributed by atoms with E-state index in [4.69, 9.17) is 0 Å². The first-order chi connectivity index (χ1) is 10.1. The molecule has 0 saturated heterocycles. The monoisotopic (exact) mass is 290 g/mol. The van der Waals surface area contributed by atoms with Crippen molar-refractivity contribution in [3.63, 3.8) is 0 Å². The zero-order valence-corrected chi connectivity index (χ0v) is 12.6. The Kier molecular flexibility index (Phi) is 4.91. The number of halogens is 2. The SMILES string of the molecule is CCN(c1cccc(C)c1)c1c(F)cc(CNC)cc1F. The molecule has 0 aromatic heterocycles. The molecule has 1 N–H and O–H groups in total. The zero-order chi connectivity index (χ0) is 15.4. The Morgan fingerprint density at radius 3 is 2.29 bits per heavy atom. The summed E-state index contributed by atoms with van der Waals surface area (Å²) in [5.74, 6) is -1.08. The van der Waals surface area contributed by atoms with E-state index in [-0.39, 0.29) is 5.69 Å². The molecule has 112 valence electrons. The first-order valence-corrected chi connectivity index (χ1v) is 7.03. The summed E-state index contributed by atoms with van der Waals surface area (Å²) in [6.07, 6.45) is 0. The third kappa shape index (κ3) is 3.39. The molecule has 2 rings (SSSR count). The van der Waals surface area contributed by atoms with Crippen molar-refractivity contribution in [3.05, 3.63) is 59.2 Å². The van der Waals surface area contributed by atoms with Crippen LogP contribution in [0.3, 0.4) is 0 Å². The summed E-state index contributed by atoms with van der Waals surface area (Å²) < 4.78 is 28.7. The molecule has 21 heavy (non-hydrogen) atoms. The van der Waals surface area contributed by atoms with Crippen molar-refractivity contribution < 1.29 is 8.78 Å². The molecule has 0 atom stereocenters. The highest BCUT2D eigenvalue weighted by Crippen LogP contribution is 2.31. The van der Waals surface area contributed by atoms with Crippen LogP contribution in [-0.2, 0) is 6.54 Å². The molecule has 2 aromatic rings. The summed E-state index contributed by atoms with van der Waals surface area (Å²) in [4.78, 5) is 1.65. The number of benzene rings is 2. The average Bonchev–Trinajstić information content (AvgIpc) is 2.43. The highest BCUT2D eigenvalue weighted by atomic mass is 19.1. The molecule has 0 aliphatic heterocycles. The fourth-order valence-corrected chi connectivity index (χ4v) is 2.45. The molecule has 0 spiro atoms. The van der Waals surface area contributed by atoms with Crippen molar-refractivity contribution in [3.8, 4) is 0 Å². The molecule has 0 unspecified atom stereocenters. The van der Waals surface area contributed by atoms with Crippen LogP contribution >= 0.6 is 0 Å². The lowest BCUT2D eigenvalue weighted by Gasteiger charge is -2.25. The minimum Gasteiger partial charge on any atom is -0.337 e. The van der Waals surface area contributed by atoms with Gasteiger partial charge >= 0.3 is 0 Å². The Morgan fingerprint density at radius 1 is 1.10 bits per heavy atom. The van der Waals surface area contributed by atoms with Crippen molar-refractivity contribution in [2.75, 3.05) is 18.5 Å². The van der Waals surface area contributed by atoms with Gasteiger partial charge in [-0.3, -0.25) is 0 Å². The van der Waals surface area contributed by atoms with Crippen LogP contribution in [0.15, 0.2) is 36.4 Å². The Bertz CT molecular complexity index is 603. The van der Waals surface area contributed by atoms with Gasteiger partial charge < -0.3 is 10.2 Å². The number of nitrogens with zero attached hydrogens (tertiary/aromatic N) is 1. The lowest BCUT2D eigenvalue weighted by molar-refractivity contribution is 0.576. The van der Waals surface area contributed by atoms with Crippen LogP contribution in [0, 0.1) is 18.6 Å². The number of rotatable bonds is 5. The fourth-order valence-electron chi connectivity index (χ4n) is 2.45. The van der Waals surface area contributed by atoms with Crippen LogP contribution in [0.4, 0.5) is 20.2 Å². The Labute approximate surface area is 124 Å². The third-order valence-corrected chi connectivity index (χ3v) is 3.36. The van der Waals surface area contributed by atoms with E-state index >= 15 is 0 Å². The number of hydrogen-bond donors (Lipinski definition) is 1. The van der Waals surface area contributed by atoms with Gasteiger partial charge in [-0.15, -0.1) is 0 Å². The normalized spacial score (nSPS) is 10.7. The van der Waals surface area contributed by atoms with Gasteiger partial charge in [0.2, 0.25) is 0 Å². The van der Waals surface area contributed by atoms with Gasteiger partial charge in [0.05, 0.1) is 0 Å². The summed E-state index contributed by atoms with van der Waals surface area (Å²) in [7, 11) is 1.74. The van der Waals surface area contributed by atoms with E-state index in [2.05, 4.69) is 5.32 Å². The van der Waals surface area contributed by atoms with Crippen LogP contribution < -0.4 is 10.2 Å². The van der Waals surface area contributed by atoms with E-state index in [9.17, 15) is 8.78 Å². The van der Waals surface area contributed by atoms with Crippen LogP contribution in [-0.4, -0.2) is 13.6 Å². The van der Waals surface area contributed by atoms with Gasteiger partial charge in [0, 0.05) is 18.8 Å². The first-order valence-electron chi connectivity index (χ1n) is 7.03. The maximum atomic E-state index is 14.3. The Hall–Kier alpha value is -1.94. The second-order valence-corrected chi connectivity index (χ2v) is 5.02. The smallest absolute Gasteiger partial charge is 0.150 e. The van der Waals surface area contributed by atoms with Crippen molar-refractivity contribution in [2.45, 2.75) is 20.4 Å². The van der Waals surface area contributed by atoms with Crippen molar-refractivity contribution in [1.29, 1.82) is 0 Å². The van der Waals surface area contributed by atoms with Crippen LogP contribution in [0.2, 0.25) is 0 Å². The number of nitrogens with one attached hydrogen (secondary N) is 1. The van der Waals surface area contributed by atoms with E-state index in [0.29, 0.717) is 18.7 Å². The maximum Gasteiger partial charge on any atom is 0.150 e. The van der Waals surface area contributed by atoms with Gasteiger partial charge in [-0.25, -0.2) is 8.78 Å². The summed E-state index contributed by atoms with van der Waals surface area (Å²) in [6.45, 7) is 4.76. The third-order valence-electron chi connectivity index (χ3n) is 3.36. The summed E-state index contributed by atoms with van der Waals surface area (Å²) >= 11 is 0. The van der Waals surface area contributed by atoms with Crippen LogP contribution in [0.25, 0.3) is 0 Å². The fraction of sp³-hybridized carbons (Fsp3) is 0.294. The van der Waals surface area contributed by atoms with E-state index in [0.717, 1.165) is 11.3 Å². The van der Waals surface area contributed by atoms with E-state index in [1.54, 1.807) is 11.9 Å².